The van der Waals surface area contributed by atoms with E-state index in [1.807, 2.05) is 18.7 Å². The van der Waals surface area contributed by atoms with Crippen LogP contribution < -0.4 is 10.3 Å². The van der Waals surface area contributed by atoms with Crippen LogP contribution in [0.15, 0.2) is 31.9 Å². The van der Waals surface area contributed by atoms with Gasteiger partial charge in [-0.15, -0.1) is 0 Å². The minimum Gasteiger partial charge on any atom is -0.440 e. The number of anilines is 1. The van der Waals surface area contributed by atoms with Gasteiger partial charge in [0.2, 0.25) is 0 Å². The van der Waals surface area contributed by atoms with Crippen molar-refractivity contribution in [1.82, 2.24) is 5.16 Å². The Morgan fingerprint density at radius 2 is 1.92 bits per heavy atom. The Balaban J connectivity index is 1.99. The second-order valence-corrected chi connectivity index (χ2v) is 6.51. The highest BCUT2D eigenvalue weighted by molar-refractivity contribution is 6.31. The molecule has 1 fully saturated rings. The molecule has 3 heterocycles. The lowest BCUT2D eigenvalue weighted by atomic mass is 10.0. The molecule has 0 amide bonds. The predicted octanol–water partition coefficient (Wildman–Crippen LogP) is 3.55. The lowest BCUT2D eigenvalue weighted by Gasteiger charge is -2.27. The maximum absolute atomic E-state index is 12.7. The van der Waals surface area contributed by atoms with Crippen molar-refractivity contribution in [3.05, 3.63) is 44.9 Å². The molecule has 25 heavy (non-hydrogen) atoms. The van der Waals surface area contributed by atoms with Gasteiger partial charge in [0.25, 0.3) is 0 Å². The number of ether oxygens (including phenoxy) is 1. The number of halogens is 1. The van der Waals surface area contributed by atoms with E-state index in [9.17, 15) is 4.79 Å². The fraction of sp³-hybridized carbons (Fsp3) is 0.333. The predicted molar refractivity (Wildman–Crippen MR) is 95.5 cm³/mol. The summed E-state index contributed by atoms with van der Waals surface area (Å²) in [5.74, 6) is 1.19. The Hall–Kier alpha value is -2.31. The van der Waals surface area contributed by atoms with E-state index in [1.165, 1.54) is 6.07 Å². The van der Waals surface area contributed by atoms with Crippen molar-refractivity contribution >= 4 is 28.5 Å². The van der Waals surface area contributed by atoms with Crippen molar-refractivity contribution in [2.24, 2.45) is 0 Å². The Labute approximate surface area is 148 Å². The molecule has 1 aliphatic heterocycles. The van der Waals surface area contributed by atoms with Gasteiger partial charge in [-0.1, -0.05) is 16.8 Å². The van der Waals surface area contributed by atoms with Gasteiger partial charge in [0.1, 0.15) is 11.3 Å². The van der Waals surface area contributed by atoms with Crippen LogP contribution in [0, 0.1) is 13.8 Å². The lowest BCUT2D eigenvalue weighted by molar-refractivity contribution is 0.121. The molecule has 0 bridgehead atoms. The molecule has 0 N–H and O–H groups in total. The molecule has 1 aliphatic rings. The van der Waals surface area contributed by atoms with Crippen LogP contribution in [0.5, 0.6) is 0 Å². The fourth-order valence-electron chi connectivity index (χ4n) is 3.20. The maximum atomic E-state index is 12.7. The van der Waals surface area contributed by atoms with E-state index in [0.717, 1.165) is 11.3 Å². The number of aromatic nitrogens is 1. The van der Waals surface area contributed by atoms with E-state index in [-0.39, 0.29) is 5.43 Å². The van der Waals surface area contributed by atoms with Gasteiger partial charge in [-0.3, -0.25) is 4.79 Å². The monoisotopic (exact) mass is 360 g/mol. The van der Waals surface area contributed by atoms with Crippen molar-refractivity contribution in [2.75, 3.05) is 31.2 Å². The SMILES string of the molecule is Cc1noc(C)c1-c1cc(Cl)cc2c(=O)cc(N3CCOCC3)oc12. The molecule has 0 radical (unpaired) electrons. The zero-order chi connectivity index (χ0) is 17.6. The van der Waals surface area contributed by atoms with Crippen molar-refractivity contribution in [2.45, 2.75) is 13.8 Å². The smallest absolute Gasteiger partial charge is 0.200 e. The zero-order valence-corrected chi connectivity index (χ0v) is 14.7. The number of nitrogens with zero attached hydrogens (tertiary/aromatic N) is 2. The fourth-order valence-corrected chi connectivity index (χ4v) is 3.42. The van der Waals surface area contributed by atoms with E-state index < -0.39 is 0 Å². The van der Waals surface area contributed by atoms with E-state index in [4.69, 9.17) is 25.3 Å². The third-order valence-corrected chi connectivity index (χ3v) is 4.62. The first kappa shape index (κ1) is 16.2. The minimum absolute atomic E-state index is 0.127. The normalized spacial score (nSPS) is 15.1. The topological polar surface area (TPSA) is 68.7 Å². The van der Waals surface area contributed by atoms with E-state index in [0.29, 0.717) is 59.5 Å². The molecule has 1 saturated heterocycles. The van der Waals surface area contributed by atoms with Crippen molar-refractivity contribution in [1.29, 1.82) is 0 Å². The average molecular weight is 361 g/mol. The highest BCUT2D eigenvalue weighted by Gasteiger charge is 2.21. The van der Waals surface area contributed by atoms with Gasteiger partial charge in [0.05, 0.1) is 29.9 Å². The summed E-state index contributed by atoms with van der Waals surface area (Å²) in [7, 11) is 0. The Morgan fingerprint density at radius 1 is 1.16 bits per heavy atom. The highest BCUT2D eigenvalue weighted by Crippen LogP contribution is 2.36. The highest BCUT2D eigenvalue weighted by atomic mass is 35.5. The second kappa shape index (κ2) is 6.20. The number of aryl methyl sites for hydroxylation is 2. The zero-order valence-electron chi connectivity index (χ0n) is 14.0. The molecule has 2 aromatic heterocycles. The third kappa shape index (κ3) is 2.81. The number of benzene rings is 1. The summed E-state index contributed by atoms with van der Waals surface area (Å²) in [6.07, 6.45) is 0. The van der Waals surface area contributed by atoms with E-state index in [2.05, 4.69) is 5.16 Å². The Kier molecular flexibility index (Phi) is 4.01. The molecule has 0 unspecified atom stereocenters. The molecule has 0 spiro atoms. The third-order valence-electron chi connectivity index (χ3n) is 4.41. The van der Waals surface area contributed by atoms with Crippen LogP contribution in [0.1, 0.15) is 11.5 Å². The summed E-state index contributed by atoms with van der Waals surface area (Å²) in [5.41, 5.74) is 2.60. The van der Waals surface area contributed by atoms with Crippen LogP contribution in [0.3, 0.4) is 0 Å². The van der Waals surface area contributed by atoms with Crippen LogP contribution in [0.4, 0.5) is 5.88 Å². The standard InChI is InChI=1S/C18H17ClN2O4/c1-10-17(11(2)25-20-10)14-8-12(19)7-13-15(22)9-16(24-18(13)14)21-3-5-23-6-4-21/h7-9H,3-6H2,1-2H3. The minimum atomic E-state index is -0.127. The van der Waals surface area contributed by atoms with E-state index >= 15 is 0 Å². The largest absolute Gasteiger partial charge is 0.440 e. The van der Waals surface area contributed by atoms with Gasteiger partial charge in [0, 0.05) is 29.7 Å². The molecular formula is C18H17ClN2O4. The molecule has 0 atom stereocenters. The second-order valence-electron chi connectivity index (χ2n) is 6.08. The van der Waals surface area contributed by atoms with Crippen molar-refractivity contribution in [3.63, 3.8) is 0 Å². The van der Waals surface area contributed by atoms with Crippen LogP contribution in [-0.2, 0) is 4.74 Å². The van der Waals surface area contributed by atoms with Gasteiger partial charge in [0.15, 0.2) is 11.3 Å². The molecule has 7 heteroatoms. The first-order chi connectivity index (χ1) is 12.0. The van der Waals surface area contributed by atoms with Crippen molar-refractivity contribution in [3.8, 4) is 11.1 Å². The Bertz CT molecular complexity index is 983. The lowest BCUT2D eigenvalue weighted by Crippen LogP contribution is -2.36. The first-order valence-corrected chi connectivity index (χ1v) is 8.46. The van der Waals surface area contributed by atoms with Crippen LogP contribution in [0.25, 0.3) is 22.1 Å². The first-order valence-electron chi connectivity index (χ1n) is 8.08. The summed E-state index contributed by atoms with van der Waals surface area (Å²) >= 11 is 6.25. The maximum Gasteiger partial charge on any atom is 0.200 e. The molecule has 0 saturated carbocycles. The number of rotatable bonds is 2. The van der Waals surface area contributed by atoms with E-state index in [1.54, 1.807) is 12.1 Å². The summed E-state index contributed by atoms with van der Waals surface area (Å²) in [6, 6.07) is 4.93. The number of hydrogen-bond acceptors (Lipinski definition) is 6. The van der Waals surface area contributed by atoms with Crippen LogP contribution in [-0.4, -0.2) is 31.5 Å². The summed E-state index contributed by atoms with van der Waals surface area (Å²) in [4.78, 5) is 14.7. The molecule has 4 rings (SSSR count). The van der Waals surface area contributed by atoms with Gasteiger partial charge in [-0.05, 0) is 26.0 Å². The van der Waals surface area contributed by atoms with Gasteiger partial charge >= 0.3 is 0 Å². The summed E-state index contributed by atoms with van der Waals surface area (Å²) in [5, 5.41) is 4.91. The average Bonchev–Trinajstić information content (AvgIpc) is 2.94. The summed E-state index contributed by atoms with van der Waals surface area (Å²) in [6.45, 7) is 6.26. The van der Waals surface area contributed by atoms with Crippen LogP contribution >= 0.6 is 11.6 Å². The number of hydrogen-bond donors (Lipinski definition) is 0. The van der Waals surface area contributed by atoms with Crippen molar-refractivity contribution < 1.29 is 13.7 Å². The quantitative estimate of drug-likeness (QED) is 0.696. The Morgan fingerprint density at radius 3 is 2.60 bits per heavy atom. The summed E-state index contributed by atoms with van der Waals surface area (Å²) < 4.78 is 16.8. The number of fused-ring (bicyclic) bond motifs is 1. The molecular weight excluding hydrogens is 344 g/mol. The molecule has 0 aliphatic carbocycles. The molecule has 6 nitrogen and oxygen atoms in total. The molecule has 130 valence electrons. The number of morpholine rings is 1. The van der Waals surface area contributed by atoms with Gasteiger partial charge in [-0.25, -0.2) is 0 Å². The van der Waals surface area contributed by atoms with Gasteiger partial charge in [-0.2, -0.15) is 0 Å². The molecule has 1 aromatic carbocycles. The molecule has 3 aromatic rings. The van der Waals surface area contributed by atoms with Crippen LogP contribution in [0.2, 0.25) is 5.02 Å². The van der Waals surface area contributed by atoms with Gasteiger partial charge < -0.3 is 18.6 Å².